The summed E-state index contributed by atoms with van der Waals surface area (Å²) in [7, 11) is 0. The molecule has 2 heterocycles. The highest BCUT2D eigenvalue weighted by Gasteiger charge is 2.01. The van der Waals surface area contributed by atoms with Crippen molar-refractivity contribution >= 4 is 17.3 Å². The molecule has 3 nitrogen and oxygen atoms in total. The Morgan fingerprint density at radius 3 is 2.93 bits per heavy atom. The van der Waals surface area contributed by atoms with Crippen molar-refractivity contribution in [1.82, 2.24) is 4.98 Å². The van der Waals surface area contributed by atoms with E-state index >= 15 is 0 Å². The van der Waals surface area contributed by atoms with Crippen molar-refractivity contribution in [2.75, 3.05) is 5.32 Å². The van der Waals surface area contributed by atoms with Gasteiger partial charge in [0.2, 0.25) is 0 Å². The van der Waals surface area contributed by atoms with Crippen molar-refractivity contribution in [3.8, 4) is 0 Å². The van der Waals surface area contributed by atoms with Crippen LogP contribution in [0, 0.1) is 6.92 Å². The third-order valence-electron chi connectivity index (χ3n) is 2.12. The lowest BCUT2D eigenvalue weighted by Crippen LogP contribution is -2.00. The highest BCUT2D eigenvalue weighted by Crippen LogP contribution is 2.16. The fraction of sp³-hybridized carbons (Fsp3) is 0.182. The smallest absolute Gasteiger partial charge is 0.193 e. The van der Waals surface area contributed by atoms with Gasteiger partial charge in [0.15, 0.2) is 5.22 Å². The number of aryl methyl sites for hydroxylation is 1. The van der Waals surface area contributed by atoms with Gasteiger partial charge in [-0.3, -0.25) is 4.98 Å². The van der Waals surface area contributed by atoms with E-state index in [1.165, 1.54) is 0 Å². The van der Waals surface area contributed by atoms with Gasteiger partial charge in [-0.05, 0) is 42.3 Å². The minimum atomic E-state index is 0.412. The lowest BCUT2D eigenvalue weighted by atomic mass is 10.2. The van der Waals surface area contributed by atoms with Gasteiger partial charge in [0.1, 0.15) is 5.76 Å². The standard InChI is InChI=1S/C11H11ClN2O/c1-8-4-5-13-7-10(8)14-6-9-2-3-11(12)15-9/h2-5,7,14H,6H2,1H3. The van der Waals surface area contributed by atoms with Gasteiger partial charge in [-0.15, -0.1) is 0 Å². The summed E-state index contributed by atoms with van der Waals surface area (Å²) in [4.78, 5) is 4.04. The molecule has 1 N–H and O–H groups in total. The molecule has 0 bridgehead atoms. The third-order valence-corrected chi connectivity index (χ3v) is 2.32. The van der Waals surface area contributed by atoms with Crippen LogP contribution < -0.4 is 5.32 Å². The molecule has 0 fully saturated rings. The molecule has 0 atom stereocenters. The van der Waals surface area contributed by atoms with E-state index in [1.807, 2.05) is 19.1 Å². The molecule has 0 saturated carbocycles. The summed E-state index contributed by atoms with van der Waals surface area (Å²) in [6, 6.07) is 5.53. The summed E-state index contributed by atoms with van der Waals surface area (Å²) in [5.74, 6) is 0.809. The Hall–Kier alpha value is -1.48. The molecule has 0 radical (unpaired) electrons. The van der Waals surface area contributed by atoms with Crippen LogP contribution in [0.3, 0.4) is 0 Å². The number of furan rings is 1. The molecular weight excluding hydrogens is 212 g/mol. The number of hydrogen-bond donors (Lipinski definition) is 1. The van der Waals surface area contributed by atoms with Gasteiger partial charge in [-0.1, -0.05) is 0 Å². The Morgan fingerprint density at radius 2 is 2.27 bits per heavy atom. The van der Waals surface area contributed by atoms with Crippen LogP contribution in [0.15, 0.2) is 35.0 Å². The molecule has 15 heavy (non-hydrogen) atoms. The van der Waals surface area contributed by atoms with Crippen molar-refractivity contribution in [3.05, 3.63) is 47.1 Å². The lowest BCUT2D eigenvalue weighted by Gasteiger charge is -2.06. The van der Waals surface area contributed by atoms with Crippen LogP contribution in [0.5, 0.6) is 0 Å². The van der Waals surface area contributed by atoms with Crippen LogP contribution in [0.1, 0.15) is 11.3 Å². The quantitative estimate of drug-likeness (QED) is 0.867. The lowest BCUT2D eigenvalue weighted by molar-refractivity contribution is 0.520. The van der Waals surface area contributed by atoms with E-state index in [4.69, 9.17) is 16.0 Å². The number of anilines is 1. The highest BCUT2D eigenvalue weighted by molar-refractivity contribution is 6.28. The minimum absolute atomic E-state index is 0.412. The molecule has 0 saturated heterocycles. The number of nitrogens with one attached hydrogen (secondary N) is 1. The van der Waals surface area contributed by atoms with Crippen LogP contribution in [-0.4, -0.2) is 4.98 Å². The predicted octanol–water partition coefficient (Wildman–Crippen LogP) is 3.25. The Labute approximate surface area is 93.1 Å². The molecule has 0 amide bonds. The molecule has 78 valence electrons. The summed E-state index contributed by atoms with van der Waals surface area (Å²) in [6.07, 6.45) is 3.56. The molecule has 4 heteroatoms. The Balaban J connectivity index is 2.02. The fourth-order valence-corrected chi connectivity index (χ4v) is 1.44. The molecule has 2 aromatic rings. The van der Waals surface area contributed by atoms with Crippen molar-refractivity contribution < 1.29 is 4.42 Å². The molecule has 0 unspecified atom stereocenters. The summed E-state index contributed by atoms with van der Waals surface area (Å²) in [5, 5.41) is 3.64. The SMILES string of the molecule is Cc1ccncc1NCc1ccc(Cl)o1. The van der Waals surface area contributed by atoms with Gasteiger partial charge in [0, 0.05) is 6.20 Å². The fourth-order valence-electron chi connectivity index (χ4n) is 1.28. The zero-order chi connectivity index (χ0) is 10.7. The van der Waals surface area contributed by atoms with Crippen molar-refractivity contribution in [2.45, 2.75) is 13.5 Å². The second kappa shape index (κ2) is 4.36. The molecule has 0 aliphatic heterocycles. The van der Waals surface area contributed by atoms with Crippen LogP contribution in [0.4, 0.5) is 5.69 Å². The van der Waals surface area contributed by atoms with Gasteiger partial charge >= 0.3 is 0 Å². The van der Waals surface area contributed by atoms with Gasteiger partial charge < -0.3 is 9.73 Å². The zero-order valence-corrected chi connectivity index (χ0v) is 9.08. The van der Waals surface area contributed by atoms with E-state index in [1.54, 1.807) is 18.5 Å². The van der Waals surface area contributed by atoms with E-state index in [2.05, 4.69) is 10.3 Å². The normalized spacial score (nSPS) is 10.3. The van der Waals surface area contributed by atoms with Crippen molar-refractivity contribution in [2.24, 2.45) is 0 Å². The molecule has 2 aromatic heterocycles. The second-order valence-electron chi connectivity index (χ2n) is 3.25. The Kier molecular flexibility index (Phi) is 2.92. The average Bonchev–Trinajstić information content (AvgIpc) is 2.63. The van der Waals surface area contributed by atoms with Crippen LogP contribution in [-0.2, 0) is 6.54 Å². The number of pyridine rings is 1. The number of rotatable bonds is 3. The Morgan fingerprint density at radius 1 is 1.40 bits per heavy atom. The van der Waals surface area contributed by atoms with Crippen LogP contribution in [0.2, 0.25) is 5.22 Å². The van der Waals surface area contributed by atoms with Gasteiger partial charge in [-0.25, -0.2) is 0 Å². The van der Waals surface area contributed by atoms with Gasteiger partial charge in [-0.2, -0.15) is 0 Å². The first-order chi connectivity index (χ1) is 7.25. The molecular formula is C11H11ClN2O. The third kappa shape index (κ3) is 2.50. The van der Waals surface area contributed by atoms with Crippen LogP contribution in [0.25, 0.3) is 0 Å². The molecule has 0 aliphatic carbocycles. The summed E-state index contributed by atoms with van der Waals surface area (Å²) < 4.78 is 5.23. The second-order valence-corrected chi connectivity index (χ2v) is 3.62. The minimum Gasteiger partial charge on any atom is -0.448 e. The number of nitrogens with zero attached hydrogens (tertiary/aromatic N) is 1. The van der Waals surface area contributed by atoms with E-state index in [0.717, 1.165) is 17.0 Å². The van der Waals surface area contributed by atoms with E-state index < -0.39 is 0 Å². The Bertz CT molecular complexity index is 453. The molecule has 2 rings (SSSR count). The molecule has 0 aliphatic rings. The maximum Gasteiger partial charge on any atom is 0.193 e. The first-order valence-corrected chi connectivity index (χ1v) is 5.02. The number of aromatic nitrogens is 1. The zero-order valence-electron chi connectivity index (χ0n) is 8.33. The average molecular weight is 223 g/mol. The van der Waals surface area contributed by atoms with E-state index in [-0.39, 0.29) is 0 Å². The topological polar surface area (TPSA) is 38.1 Å². The summed E-state index contributed by atoms with van der Waals surface area (Å²) >= 11 is 5.67. The number of halogens is 1. The van der Waals surface area contributed by atoms with Crippen molar-refractivity contribution in [1.29, 1.82) is 0 Å². The first-order valence-electron chi connectivity index (χ1n) is 4.64. The predicted molar refractivity (Wildman–Crippen MR) is 60.0 cm³/mol. The molecule has 0 spiro atoms. The summed E-state index contributed by atoms with van der Waals surface area (Å²) in [6.45, 7) is 2.64. The number of hydrogen-bond acceptors (Lipinski definition) is 3. The maximum atomic E-state index is 5.67. The maximum absolute atomic E-state index is 5.67. The van der Waals surface area contributed by atoms with E-state index in [0.29, 0.717) is 11.8 Å². The van der Waals surface area contributed by atoms with Crippen molar-refractivity contribution in [3.63, 3.8) is 0 Å². The summed E-state index contributed by atoms with van der Waals surface area (Å²) in [5.41, 5.74) is 2.16. The monoisotopic (exact) mass is 222 g/mol. The largest absolute Gasteiger partial charge is 0.448 e. The van der Waals surface area contributed by atoms with E-state index in [9.17, 15) is 0 Å². The molecule has 0 aromatic carbocycles. The van der Waals surface area contributed by atoms with Crippen LogP contribution >= 0.6 is 11.6 Å². The highest BCUT2D eigenvalue weighted by atomic mass is 35.5. The van der Waals surface area contributed by atoms with Gasteiger partial charge in [0.25, 0.3) is 0 Å². The van der Waals surface area contributed by atoms with Gasteiger partial charge in [0.05, 0.1) is 18.4 Å². The first kappa shape index (κ1) is 10.1.